The van der Waals surface area contributed by atoms with Crippen LogP contribution in [0.15, 0.2) is 140 Å². The van der Waals surface area contributed by atoms with Gasteiger partial charge < -0.3 is 4.90 Å². The molecule has 0 unspecified atom stereocenters. The zero-order chi connectivity index (χ0) is 33.2. The van der Waals surface area contributed by atoms with Crippen LogP contribution in [-0.4, -0.2) is 0 Å². The molecular weight excluding hydrogens is 603 g/mol. The SMILES string of the molecule is CC1(C)c2ccccc2-c2c(N(c3ccc(-c4ccccc4)cc3)c3cccc4c3C3(c5ccccc5-4)C4CC5CC(C4)CC3C5)cccc21. The lowest BCUT2D eigenvalue weighted by atomic mass is 9.43. The van der Waals surface area contributed by atoms with Crippen LogP contribution in [0.3, 0.4) is 0 Å². The molecule has 12 rings (SSSR count). The van der Waals surface area contributed by atoms with Gasteiger partial charge in [0.15, 0.2) is 0 Å². The minimum absolute atomic E-state index is 0.0628. The Morgan fingerprint density at radius 2 is 1.02 bits per heavy atom. The highest BCUT2D eigenvalue weighted by Gasteiger charge is 2.62. The second-order valence-corrected chi connectivity index (χ2v) is 16.5. The number of benzene rings is 6. The fourth-order valence-corrected chi connectivity index (χ4v) is 12.1. The molecule has 0 amide bonds. The first-order valence-corrected chi connectivity index (χ1v) is 19.0. The minimum atomic E-state index is -0.0672. The highest BCUT2D eigenvalue weighted by atomic mass is 15.2. The number of anilines is 3. The molecule has 0 aliphatic heterocycles. The third-order valence-corrected chi connectivity index (χ3v) is 13.8. The first-order valence-electron chi connectivity index (χ1n) is 19.0. The number of nitrogens with zero attached hydrogens (tertiary/aromatic N) is 1. The molecular formula is C49H43N. The maximum Gasteiger partial charge on any atom is 0.0543 e. The van der Waals surface area contributed by atoms with Crippen molar-refractivity contribution in [3.63, 3.8) is 0 Å². The predicted molar refractivity (Wildman–Crippen MR) is 207 cm³/mol. The summed E-state index contributed by atoms with van der Waals surface area (Å²) < 4.78 is 0. The summed E-state index contributed by atoms with van der Waals surface area (Å²) in [7, 11) is 0. The van der Waals surface area contributed by atoms with Gasteiger partial charge in [0.05, 0.1) is 11.4 Å². The summed E-state index contributed by atoms with van der Waals surface area (Å²) in [4.78, 5) is 2.67. The maximum absolute atomic E-state index is 2.67. The Hall–Kier alpha value is -4.88. The van der Waals surface area contributed by atoms with E-state index < -0.39 is 0 Å². The Bertz CT molecular complexity index is 2280. The monoisotopic (exact) mass is 645 g/mol. The summed E-state index contributed by atoms with van der Waals surface area (Å²) in [5.41, 5.74) is 18.1. The second-order valence-electron chi connectivity index (χ2n) is 16.5. The number of fused-ring (bicyclic) bond motifs is 6. The van der Waals surface area contributed by atoms with Gasteiger partial charge in [0.1, 0.15) is 0 Å². The van der Waals surface area contributed by atoms with Crippen molar-refractivity contribution in [2.24, 2.45) is 23.7 Å². The van der Waals surface area contributed by atoms with Gasteiger partial charge in [-0.25, -0.2) is 0 Å². The molecule has 6 aliphatic carbocycles. The number of hydrogen-bond acceptors (Lipinski definition) is 1. The lowest BCUT2D eigenvalue weighted by molar-refractivity contribution is -0.0397. The van der Waals surface area contributed by atoms with Crippen LogP contribution in [0.4, 0.5) is 17.1 Å². The zero-order valence-corrected chi connectivity index (χ0v) is 29.1. The molecule has 50 heavy (non-hydrogen) atoms. The summed E-state index contributed by atoms with van der Waals surface area (Å²) in [5, 5.41) is 0. The molecule has 6 aromatic rings. The third kappa shape index (κ3) is 3.73. The fourth-order valence-electron chi connectivity index (χ4n) is 12.1. The quantitative estimate of drug-likeness (QED) is 0.184. The van der Waals surface area contributed by atoms with Crippen molar-refractivity contribution < 1.29 is 0 Å². The van der Waals surface area contributed by atoms with Crippen molar-refractivity contribution in [1.29, 1.82) is 0 Å². The van der Waals surface area contributed by atoms with E-state index >= 15 is 0 Å². The van der Waals surface area contributed by atoms with Crippen LogP contribution in [-0.2, 0) is 10.8 Å². The lowest BCUT2D eigenvalue weighted by Gasteiger charge is -2.61. The van der Waals surface area contributed by atoms with E-state index in [0.717, 1.165) is 11.8 Å². The molecule has 0 N–H and O–H groups in total. The molecule has 1 spiro atoms. The van der Waals surface area contributed by atoms with E-state index in [1.54, 1.807) is 11.1 Å². The molecule has 0 aromatic heterocycles. The minimum Gasteiger partial charge on any atom is -0.310 e. The van der Waals surface area contributed by atoms with E-state index in [9.17, 15) is 0 Å². The highest BCUT2D eigenvalue weighted by Crippen LogP contribution is 2.71. The van der Waals surface area contributed by atoms with Gasteiger partial charge in [0, 0.05) is 22.1 Å². The van der Waals surface area contributed by atoms with Crippen LogP contribution in [0.5, 0.6) is 0 Å². The van der Waals surface area contributed by atoms with Gasteiger partial charge in [-0.15, -0.1) is 0 Å². The summed E-state index contributed by atoms with van der Waals surface area (Å²) >= 11 is 0. The molecule has 1 nitrogen and oxygen atoms in total. The maximum atomic E-state index is 2.67. The summed E-state index contributed by atoms with van der Waals surface area (Å²) in [6.45, 7) is 4.81. The average Bonchev–Trinajstić information content (AvgIpc) is 3.58. The van der Waals surface area contributed by atoms with Crippen LogP contribution in [0.2, 0.25) is 0 Å². The Morgan fingerprint density at radius 1 is 0.460 bits per heavy atom. The van der Waals surface area contributed by atoms with Gasteiger partial charge in [-0.1, -0.05) is 129 Å². The zero-order valence-electron chi connectivity index (χ0n) is 29.1. The van der Waals surface area contributed by atoms with Crippen molar-refractivity contribution in [1.82, 2.24) is 0 Å². The highest BCUT2D eigenvalue weighted by molar-refractivity contribution is 5.98. The molecule has 0 heterocycles. The molecule has 0 radical (unpaired) electrons. The smallest absolute Gasteiger partial charge is 0.0543 e. The summed E-state index contributed by atoms with van der Waals surface area (Å²) in [6.07, 6.45) is 6.98. The van der Waals surface area contributed by atoms with Gasteiger partial charge in [-0.2, -0.15) is 0 Å². The second kappa shape index (κ2) is 10.3. The van der Waals surface area contributed by atoms with Crippen LogP contribution in [0.1, 0.15) is 68.2 Å². The predicted octanol–water partition coefficient (Wildman–Crippen LogP) is 12.9. The van der Waals surface area contributed by atoms with E-state index in [2.05, 4.69) is 158 Å². The van der Waals surface area contributed by atoms with Crippen LogP contribution in [0.25, 0.3) is 33.4 Å². The molecule has 0 saturated heterocycles. The van der Waals surface area contributed by atoms with Crippen LogP contribution < -0.4 is 4.90 Å². The van der Waals surface area contributed by atoms with Gasteiger partial charge >= 0.3 is 0 Å². The first kappa shape index (κ1) is 28.9. The standard InChI is InChI=1S/C49H43N/c1-48(2)41-17-8-7-15-40(41)46-43(48)19-11-20-44(46)50(37-24-22-34(23-25-37)33-12-4-3-5-13-33)45-21-10-16-39-38-14-6-9-18-42(38)49(47(39)45)35-27-31-26-32(29-35)30-36(49)28-31/h3-25,31-32,35-36H,26-30H2,1-2H3. The van der Waals surface area contributed by atoms with E-state index in [0.29, 0.717) is 11.8 Å². The summed E-state index contributed by atoms with van der Waals surface area (Å²) in [5.74, 6) is 3.21. The average molecular weight is 646 g/mol. The van der Waals surface area contributed by atoms with E-state index in [-0.39, 0.29) is 10.8 Å². The van der Waals surface area contributed by atoms with E-state index in [1.165, 1.54) is 93.7 Å². The van der Waals surface area contributed by atoms with Crippen molar-refractivity contribution in [3.8, 4) is 33.4 Å². The molecule has 0 atom stereocenters. The topological polar surface area (TPSA) is 3.24 Å². The van der Waals surface area contributed by atoms with Gasteiger partial charge in [0.25, 0.3) is 0 Å². The van der Waals surface area contributed by atoms with Crippen molar-refractivity contribution in [2.45, 2.75) is 56.8 Å². The Kier molecular flexibility index (Phi) is 5.97. The number of rotatable bonds is 4. The summed E-state index contributed by atoms with van der Waals surface area (Å²) in [6, 6.07) is 53.2. The van der Waals surface area contributed by atoms with Gasteiger partial charge in [-0.05, 0) is 130 Å². The first-order chi connectivity index (χ1) is 24.5. The molecule has 6 aliphatic rings. The van der Waals surface area contributed by atoms with E-state index in [1.807, 2.05) is 0 Å². The van der Waals surface area contributed by atoms with Crippen molar-refractivity contribution in [3.05, 3.63) is 162 Å². The largest absolute Gasteiger partial charge is 0.310 e. The molecule has 4 bridgehead atoms. The molecule has 6 aromatic carbocycles. The normalized spacial score (nSPS) is 25.6. The van der Waals surface area contributed by atoms with Crippen LogP contribution in [0, 0.1) is 23.7 Å². The van der Waals surface area contributed by atoms with Gasteiger partial charge in [-0.3, -0.25) is 0 Å². The van der Waals surface area contributed by atoms with Gasteiger partial charge in [0.2, 0.25) is 0 Å². The number of hydrogen-bond donors (Lipinski definition) is 0. The Labute approximate surface area is 296 Å². The Balaban J connectivity index is 1.20. The third-order valence-electron chi connectivity index (χ3n) is 13.8. The molecule has 4 fully saturated rings. The van der Waals surface area contributed by atoms with Crippen LogP contribution >= 0.6 is 0 Å². The lowest BCUT2D eigenvalue weighted by Crippen LogP contribution is -2.55. The van der Waals surface area contributed by atoms with E-state index in [4.69, 9.17) is 0 Å². The Morgan fingerprint density at radius 3 is 1.76 bits per heavy atom. The molecule has 244 valence electrons. The van der Waals surface area contributed by atoms with Crippen molar-refractivity contribution >= 4 is 17.1 Å². The van der Waals surface area contributed by atoms with Crippen molar-refractivity contribution in [2.75, 3.05) is 4.90 Å². The molecule has 1 heteroatoms. The fraction of sp³-hybridized carbons (Fsp3) is 0.265. The molecule has 4 saturated carbocycles.